The van der Waals surface area contributed by atoms with Gasteiger partial charge in [0.25, 0.3) is 0 Å². The predicted octanol–water partition coefficient (Wildman–Crippen LogP) is 4.64. The van der Waals surface area contributed by atoms with Crippen molar-refractivity contribution in [3.05, 3.63) is 64.5 Å². The van der Waals surface area contributed by atoms with Gasteiger partial charge in [0.15, 0.2) is 4.80 Å². The number of nitrogens with zero attached hydrogens (tertiary/aromatic N) is 2. The molecule has 0 N–H and O–H groups in total. The molecule has 0 aliphatic heterocycles. The molecule has 0 bridgehead atoms. The Balaban J connectivity index is 1.78. The number of fused-ring (bicyclic) bond motifs is 1. The van der Waals surface area contributed by atoms with Crippen LogP contribution in [-0.2, 0) is 24.7 Å². The van der Waals surface area contributed by atoms with E-state index in [9.17, 15) is 4.79 Å². The number of aryl methyl sites for hydroxylation is 3. The highest BCUT2D eigenvalue weighted by Gasteiger charge is 2.06. The Morgan fingerprint density at radius 3 is 2.64 bits per heavy atom. The fourth-order valence-electron chi connectivity index (χ4n) is 2.88. The SMILES string of the molecule is CCCCc1ccc2c(c1)sc(=NC(=O)CCc1ccccc1)n2C. The molecule has 4 heteroatoms. The lowest BCUT2D eigenvalue weighted by Crippen LogP contribution is -2.13. The normalized spacial score (nSPS) is 12.0. The first kappa shape index (κ1) is 17.6. The lowest BCUT2D eigenvalue weighted by Gasteiger charge is -2.00. The average molecular weight is 353 g/mol. The quantitative estimate of drug-likeness (QED) is 0.636. The molecule has 0 fully saturated rings. The van der Waals surface area contributed by atoms with E-state index in [4.69, 9.17) is 0 Å². The van der Waals surface area contributed by atoms with Crippen molar-refractivity contribution in [3.8, 4) is 0 Å². The summed E-state index contributed by atoms with van der Waals surface area (Å²) in [5.41, 5.74) is 3.67. The van der Waals surface area contributed by atoms with Gasteiger partial charge in [0.05, 0.1) is 10.2 Å². The van der Waals surface area contributed by atoms with Crippen LogP contribution in [0.4, 0.5) is 0 Å². The van der Waals surface area contributed by atoms with Crippen molar-refractivity contribution in [1.29, 1.82) is 0 Å². The number of carbonyl (C=O) groups excluding carboxylic acids is 1. The minimum absolute atomic E-state index is 0.0581. The number of aromatic nitrogens is 1. The van der Waals surface area contributed by atoms with E-state index in [2.05, 4.69) is 30.1 Å². The third kappa shape index (κ3) is 4.45. The Labute approximate surface area is 152 Å². The second-order valence-corrected chi connectivity index (χ2v) is 7.35. The van der Waals surface area contributed by atoms with Gasteiger partial charge in [-0.25, -0.2) is 0 Å². The van der Waals surface area contributed by atoms with Crippen LogP contribution in [-0.4, -0.2) is 10.5 Å². The van der Waals surface area contributed by atoms with E-state index in [1.807, 2.05) is 41.9 Å². The molecule has 0 aliphatic carbocycles. The van der Waals surface area contributed by atoms with E-state index >= 15 is 0 Å². The van der Waals surface area contributed by atoms with Crippen LogP contribution in [0.2, 0.25) is 0 Å². The van der Waals surface area contributed by atoms with Gasteiger partial charge in [-0.2, -0.15) is 4.99 Å². The lowest BCUT2D eigenvalue weighted by molar-refractivity contribution is -0.118. The molecule has 0 radical (unpaired) electrons. The molecule has 0 saturated carbocycles. The molecule has 3 rings (SSSR count). The van der Waals surface area contributed by atoms with Gasteiger partial charge >= 0.3 is 0 Å². The lowest BCUT2D eigenvalue weighted by atomic mass is 10.1. The number of amides is 1. The van der Waals surface area contributed by atoms with E-state index in [-0.39, 0.29) is 5.91 Å². The topological polar surface area (TPSA) is 34.4 Å². The fraction of sp³-hybridized carbons (Fsp3) is 0.333. The second kappa shape index (κ2) is 8.26. The second-order valence-electron chi connectivity index (χ2n) is 6.34. The number of rotatable bonds is 6. The van der Waals surface area contributed by atoms with E-state index in [0.717, 1.165) is 23.2 Å². The molecule has 25 heavy (non-hydrogen) atoms. The molecular formula is C21H24N2OS. The number of hydrogen-bond acceptors (Lipinski definition) is 2. The minimum atomic E-state index is -0.0581. The Hall–Kier alpha value is -2.20. The van der Waals surface area contributed by atoms with Crippen molar-refractivity contribution in [1.82, 2.24) is 4.57 Å². The molecule has 3 aromatic rings. The zero-order chi connectivity index (χ0) is 17.6. The molecule has 1 amide bonds. The van der Waals surface area contributed by atoms with Crippen LogP contribution in [0, 0.1) is 0 Å². The largest absolute Gasteiger partial charge is 0.319 e. The van der Waals surface area contributed by atoms with Crippen LogP contribution in [0.15, 0.2) is 53.5 Å². The van der Waals surface area contributed by atoms with Crippen LogP contribution in [0.5, 0.6) is 0 Å². The van der Waals surface area contributed by atoms with Crippen molar-refractivity contribution in [2.24, 2.45) is 12.0 Å². The molecule has 0 unspecified atom stereocenters. The zero-order valence-corrected chi connectivity index (χ0v) is 15.7. The monoisotopic (exact) mass is 352 g/mol. The Bertz CT molecular complexity index is 922. The summed E-state index contributed by atoms with van der Waals surface area (Å²) >= 11 is 1.60. The first-order valence-corrected chi connectivity index (χ1v) is 9.69. The molecule has 130 valence electrons. The first-order chi connectivity index (χ1) is 12.2. The molecule has 3 nitrogen and oxygen atoms in total. The molecule has 1 aromatic heterocycles. The number of hydrogen-bond donors (Lipinski definition) is 0. The molecule has 0 saturated heterocycles. The number of thiazole rings is 1. The highest BCUT2D eigenvalue weighted by atomic mass is 32.1. The standard InChI is InChI=1S/C21H24N2OS/c1-3-4-8-17-11-13-18-19(15-17)25-21(23(18)2)22-20(24)14-12-16-9-6-5-7-10-16/h5-7,9-11,13,15H,3-4,8,12,14H2,1-2H3. The van der Waals surface area contributed by atoms with Gasteiger partial charge in [-0.15, -0.1) is 0 Å². The van der Waals surface area contributed by atoms with Crippen molar-refractivity contribution >= 4 is 27.5 Å². The van der Waals surface area contributed by atoms with E-state index in [0.29, 0.717) is 6.42 Å². The van der Waals surface area contributed by atoms with Crippen LogP contribution in [0.1, 0.15) is 37.3 Å². The van der Waals surface area contributed by atoms with Crippen molar-refractivity contribution in [2.45, 2.75) is 39.0 Å². The molecule has 2 aromatic carbocycles. The number of carbonyl (C=O) groups is 1. The van der Waals surface area contributed by atoms with E-state index in [1.54, 1.807) is 11.3 Å². The smallest absolute Gasteiger partial charge is 0.248 e. The van der Waals surface area contributed by atoms with E-state index < -0.39 is 0 Å². The average Bonchev–Trinajstić information content (AvgIpc) is 2.94. The van der Waals surface area contributed by atoms with Crippen molar-refractivity contribution < 1.29 is 4.79 Å². The van der Waals surface area contributed by atoms with Crippen molar-refractivity contribution in [3.63, 3.8) is 0 Å². The zero-order valence-electron chi connectivity index (χ0n) is 14.9. The maximum atomic E-state index is 12.2. The van der Waals surface area contributed by atoms with Gasteiger partial charge in [-0.1, -0.05) is 61.1 Å². The summed E-state index contributed by atoms with van der Waals surface area (Å²) in [6.45, 7) is 2.21. The van der Waals surface area contributed by atoms with Gasteiger partial charge in [-0.05, 0) is 42.5 Å². The minimum Gasteiger partial charge on any atom is -0.319 e. The van der Waals surface area contributed by atoms with Gasteiger partial charge in [-0.3, -0.25) is 4.79 Å². The van der Waals surface area contributed by atoms with Gasteiger partial charge < -0.3 is 4.57 Å². The van der Waals surface area contributed by atoms with Crippen LogP contribution in [0.3, 0.4) is 0 Å². The summed E-state index contributed by atoms with van der Waals surface area (Å²) in [7, 11) is 1.98. The summed E-state index contributed by atoms with van der Waals surface area (Å²) in [5, 5.41) is 0. The first-order valence-electron chi connectivity index (χ1n) is 8.87. The summed E-state index contributed by atoms with van der Waals surface area (Å²) in [4.78, 5) is 17.4. The molecule has 0 atom stereocenters. The summed E-state index contributed by atoms with van der Waals surface area (Å²) < 4.78 is 3.22. The highest BCUT2D eigenvalue weighted by molar-refractivity contribution is 7.16. The van der Waals surface area contributed by atoms with Crippen molar-refractivity contribution in [2.75, 3.05) is 0 Å². The predicted molar refractivity (Wildman–Crippen MR) is 105 cm³/mol. The van der Waals surface area contributed by atoms with Crippen LogP contribution >= 0.6 is 11.3 Å². The molecule has 1 heterocycles. The summed E-state index contributed by atoms with van der Waals surface area (Å²) in [5.74, 6) is -0.0581. The maximum absolute atomic E-state index is 12.2. The summed E-state index contributed by atoms with van der Waals surface area (Å²) in [6, 6.07) is 16.6. The van der Waals surface area contributed by atoms with Crippen LogP contribution < -0.4 is 4.80 Å². The molecular weight excluding hydrogens is 328 g/mol. The fourth-order valence-corrected chi connectivity index (χ4v) is 3.98. The molecule has 0 spiro atoms. The van der Waals surface area contributed by atoms with Gasteiger partial charge in [0, 0.05) is 13.5 Å². The number of benzene rings is 2. The molecule has 0 aliphatic rings. The number of unbranched alkanes of at least 4 members (excludes halogenated alkanes) is 1. The van der Waals surface area contributed by atoms with Gasteiger partial charge in [0.2, 0.25) is 5.91 Å². The summed E-state index contributed by atoms with van der Waals surface area (Å²) in [6.07, 6.45) is 4.69. The third-order valence-electron chi connectivity index (χ3n) is 4.38. The van der Waals surface area contributed by atoms with E-state index in [1.165, 1.54) is 28.7 Å². The maximum Gasteiger partial charge on any atom is 0.248 e. The van der Waals surface area contributed by atoms with Crippen LogP contribution in [0.25, 0.3) is 10.2 Å². The van der Waals surface area contributed by atoms with Gasteiger partial charge in [0.1, 0.15) is 0 Å². The Kier molecular flexibility index (Phi) is 5.82. The Morgan fingerprint density at radius 1 is 1.08 bits per heavy atom. The Morgan fingerprint density at radius 2 is 1.88 bits per heavy atom. The highest BCUT2D eigenvalue weighted by Crippen LogP contribution is 2.19. The third-order valence-corrected chi connectivity index (χ3v) is 5.48.